The number of hydrogen-bond acceptors (Lipinski definition) is 3. The second-order valence-corrected chi connectivity index (χ2v) is 9.72. The van der Waals surface area contributed by atoms with Gasteiger partial charge in [-0.2, -0.15) is 5.10 Å². The summed E-state index contributed by atoms with van der Waals surface area (Å²) in [5, 5.41) is 9.04. The molecule has 168 valence electrons. The predicted molar refractivity (Wildman–Crippen MR) is 130 cm³/mol. The summed E-state index contributed by atoms with van der Waals surface area (Å²) in [5.41, 5.74) is 11.5. The van der Waals surface area contributed by atoms with Gasteiger partial charge in [0, 0.05) is 29.3 Å². The van der Waals surface area contributed by atoms with Crippen LogP contribution in [0.3, 0.4) is 0 Å². The zero-order valence-corrected chi connectivity index (χ0v) is 18.9. The predicted octanol–water partition coefficient (Wildman–Crippen LogP) is 4.00. The highest BCUT2D eigenvalue weighted by Crippen LogP contribution is 2.43. The molecule has 0 spiro atoms. The topological polar surface area (TPSA) is 77.9 Å². The summed E-state index contributed by atoms with van der Waals surface area (Å²) in [7, 11) is 0. The maximum atomic E-state index is 11.5. The summed E-state index contributed by atoms with van der Waals surface area (Å²) < 4.78 is 4.05. The van der Waals surface area contributed by atoms with Gasteiger partial charge in [0.05, 0.1) is 5.69 Å². The summed E-state index contributed by atoms with van der Waals surface area (Å²) in [6.45, 7) is 5.17. The average molecular weight is 440 g/mol. The van der Waals surface area contributed by atoms with Crippen LogP contribution in [-0.4, -0.2) is 33.3 Å². The van der Waals surface area contributed by atoms with Gasteiger partial charge in [-0.3, -0.25) is 4.79 Å². The van der Waals surface area contributed by atoms with Crippen molar-refractivity contribution in [3.8, 4) is 5.69 Å². The van der Waals surface area contributed by atoms with Gasteiger partial charge in [-0.1, -0.05) is 24.3 Å². The molecule has 1 saturated heterocycles. The maximum Gasteiger partial charge on any atom is 0.269 e. The Balaban J connectivity index is 1.20. The standard InChI is InChI=1S/C27H29N5O/c1-17-10-25(27(28)33)30-32(17)24-6-7-26-20(13-24)8-9-31(26)16-18-2-4-19(5-3-18)21-11-22-14-29-15-23(22)12-21/h2-10,13,21-23,29H,11-12,14-16H2,1H3,(H2,28,33)/t21?,22-,23+. The molecule has 3 heterocycles. The van der Waals surface area contributed by atoms with E-state index in [0.717, 1.165) is 41.1 Å². The molecule has 2 aromatic heterocycles. The van der Waals surface area contributed by atoms with Gasteiger partial charge in [0.25, 0.3) is 5.91 Å². The molecule has 6 heteroatoms. The number of aryl methyl sites for hydroxylation is 1. The van der Waals surface area contributed by atoms with Crippen LogP contribution in [0.15, 0.2) is 60.8 Å². The molecule has 1 aliphatic heterocycles. The van der Waals surface area contributed by atoms with Crippen LogP contribution in [-0.2, 0) is 6.54 Å². The van der Waals surface area contributed by atoms with E-state index in [0.29, 0.717) is 0 Å². The Kier molecular flexibility index (Phi) is 4.84. The lowest BCUT2D eigenvalue weighted by atomic mass is 9.95. The van der Waals surface area contributed by atoms with Crippen molar-refractivity contribution in [1.82, 2.24) is 19.7 Å². The molecule has 3 atom stereocenters. The van der Waals surface area contributed by atoms with Crippen molar-refractivity contribution >= 4 is 16.8 Å². The number of benzene rings is 2. The minimum atomic E-state index is -0.511. The molecule has 4 aromatic rings. The van der Waals surface area contributed by atoms with Gasteiger partial charge < -0.3 is 15.6 Å². The SMILES string of the molecule is Cc1cc(C(N)=O)nn1-c1ccc2c(ccn2Cc2ccc(C3C[C@H]4CNC[C@H]4C3)cc2)c1. The van der Waals surface area contributed by atoms with Crippen molar-refractivity contribution in [1.29, 1.82) is 0 Å². The Morgan fingerprint density at radius 1 is 1.06 bits per heavy atom. The van der Waals surface area contributed by atoms with Crippen LogP contribution in [0.1, 0.15) is 46.1 Å². The van der Waals surface area contributed by atoms with Gasteiger partial charge in [-0.25, -0.2) is 4.68 Å². The molecular weight excluding hydrogens is 410 g/mol. The van der Waals surface area contributed by atoms with E-state index in [9.17, 15) is 4.79 Å². The Morgan fingerprint density at radius 3 is 2.52 bits per heavy atom. The molecule has 6 rings (SSSR count). The van der Waals surface area contributed by atoms with Gasteiger partial charge in [0.15, 0.2) is 5.69 Å². The number of fused-ring (bicyclic) bond motifs is 2. The number of nitrogens with zero attached hydrogens (tertiary/aromatic N) is 3. The normalized spacial score (nSPS) is 22.2. The maximum absolute atomic E-state index is 11.5. The van der Waals surface area contributed by atoms with E-state index in [1.165, 1.54) is 42.6 Å². The molecule has 1 unspecified atom stereocenters. The summed E-state index contributed by atoms with van der Waals surface area (Å²) in [5.74, 6) is 1.96. The van der Waals surface area contributed by atoms with Crippen LogP contribution >= 0.6 is 0 Å². The van der Waals surface area contributed by atoms with Gasteiger partial charge in [-0.05, 0) is 92.1 Å². The first kappa shape index (κ1) is 20.2. The second-order valence-electron chi connectivity index (χ2n) is 9.72. The number of nitrogens with one attached hydrogen (secondary N) is 1. The van der Waals surface area contributed by atoms with Crippen LogP contribution in [0, 0.1) is 18.8 Å². The number of hydrogen-bond donors (Lipinski definition) is 2. The number of carbonyl (C=O) groups excluding carboxylic acids is 1. The van der Waals surface area contributed by atoms with Gasteiger partial charge in [0.1, 0.15) is 0 Å². The number of rotatable bonds is 5. The fraction of sp³-hybridized carbons (Fsp3) is 0.333. The van der Waals surface area contributed by atoms with Crippen LogP contribution < -0.4 is 11.1 Å². The molecule has 2 aromatic carbocycles. The number of carbonyl (C=O) groups is 1. The first-order valence-electron chi connectivity index (χ1n) is 11.8. The molecule has 33 heavy (non-hydrogen) atoms. The molecule has 0 radical (unpaired) electrons. The molecule has 1 amide bonds. The highest BCUT2D eigenvalue weighted by atomic mass is 16.1. The van der Waals surface area contributed by atoms with Crippen LogP contribution in [0.5, 0.6) is 0 Å². The smallest absolute Gasteiger partial charge is 0.269 e. The molecule has 1 aliphatic carbocycles. The third kappa shape index (κ3) is 3.64. The first-order valence-corrected chi connectivity index (χ1v) is 11.8. The lowest BCUT2D eigenvalue weighted by Gasteiger charge is -2.13. The number of nitrogens with two attached hydrogens (primary N) is 1. The molecular formula is C27H29N5O. The zero-order chi connectivity index (χ0) is 22.5. The Bertz CT molecular complexity index is 1320. The van der Waals surface area contributed by atoms with Gasteiger partial charge in [0.2, 0.25) is 0 Å². The summed E-state index contributed by atoms with van der Waals surface area (Å²) in [6.07, 6.45) is 4.80. The number of aromatic nitrogens is 3. The average Bonchev–Trinajstić information content (AvgIpc) is 3.57. The Morgan fingerprint density at radius 2 is 1.82 bits per heavy atom. The molecule has 2 aliphatic rings. The van der Waals surface area contributed by atoms with Crippen LogP contribution in [0.25, 0.3) is 16.6 Å². The van der Waals surface area contributed by atoms with Crippen LogP contribution in [0.4, 0.5) is 0 Å². The van der Waals surface area contributed by atoms with Gasteiger partial charge >= 0.3 is 0 Å². The van der Waals surface area contributed by atoms with Crippen LogP contribution in [0.2, 0.25) is 0 Å². The monoisotopic (exact) mass is 439 g/mol. The van der Waals surface area contributed by atoms with Crippen molar-refractivity contribution in [2.45, 2.75) is 32.2 Å². The molecule has 3 N–H and O–H groups in total. The third-order valence-electron chi connectivity index (χ3n) is 7.60. The van der Waals surface area contributed by atoms with Crippen molar-refractivity contribution < 1.29 is 4.79 Å². The van der Waals surface area contributed by atoms with E-state index in [1.54, 1.807) is 10.7 Å². The lowest BCUT2D eigenvalue weighted by Crippen LogP contribution is -2.12. The van der Waals surface area contributed by atoms with E-state index in [4.69, 9.17) is 5.73 Å². The molecule has 2 fully saturated rings. The van der Waals surface area contributed by atoms with E-state index < -0.39 is 5.91 Å². The largest absolute Gasteiger partial charge is 0.364 e. The van der Waals surface area contributed by atoms with E-state index in [1.807, 2.05) is 13.0 Å². The van der Waals surface area contributed by atoms with Crippen molar-refractivity contribution in [2.75, 3.05) is 13.1 Å². The Hall–Kier alpha value is -3.38. The van der Waals surface area contributed by atoms with Gasteiger partial charge in [-0.15, -0.1) is 0 Å². The number of primary amides is 1. The minimum absolute atomic E-state index is 0.283. The molecule has 6 nitrogen and oxygen atoms in total. The fourth-order valence-electron chi connectivity index (χ4n) is 5.84. The summed E-state index contributed by atoms with van der Waals surface area (Å²) in [6, 6.07) is 19.4. The van der Waals surface area contributed by atoms with Crippen molar-refractivity contribution in [2.24, 2.45) is 17.6 Å². The number of amides is 1. The minimum Gasteiger partial charge on any atom is -0.364 e. The van der Waals surface area contributed by atoms with E-state index in [2.05, 4.69) is 63.6 Å². The van der Waals surface area contributed by atoms with E-state index in [-0.39, 0.29) is 5.69 Å². The van der Waals surface area contributed by atoms with Crippen molar-refractivity contribution in [3.05, 3.63) is 83.3 Å². The lowest BCUT2D eigenvalue weighted by molar-refractivity contribution is 0.0995. The fourth-order valence-corrected chi connectivity index (χ4v) is 5.84. The van der Waals surface area contributed by atoms with Crippen molar-refractivity contribution in [3.63, 3.8) is 0 Å². The highest BCUT2D eigenvalue weighted by molar-refractivity contribution is 5.91. The summed E-state index contributed by atoms with van der Waals surface area (Å²) in [4.78, 5) is 11.5. The van der Waals surface area contributed by atoms with E-state index >= 15 is 0 Å². The third-order valence-corrected chi connectivity index (χ3v) is 7.60. The zero-order valence-electron chi connectivity index (χ0n) is 18.9. The second kappa shape index (κ2) is 7.89. The molecule has 1 saturated carbocycles. The molecule has 0 bridgehead atoms. The highest BCUT2D eigenvalue weighted by Gasteiger charge is 2.37. The first-order chi connectivity index (χ1) is 16.0. The Labute approximate surface area is 193 Å². The summed E-state index contributed by atoms with van der Waals surface area (Å²) >= 11 is 0. The quantitative estimate of drug-likeness (QED) is 0.493.